The maximum absolute atomic E-state index is 11.5. The van der Waals surface area contributed by atoms with E-state index in [9.17, 15) is 9.59 Å². The quantitative estimate of drug-likeness (QED) is 0.642. The molecule has 0 aromatic heterocycles. The van der Waals surface area contributed by atoms with Crippen LogP contribution in [0.5, 0.6) is 0 Å². The smallest absolute Gasteiger partial charge is 0.323 e. The number of carboxylic acid groups (broad SMARTS) is 1. The molecular formula is C8H15NO3S. The van der Waals surface area contributed by atoms with Crippen LogP contribution in [-0.2, 0) is 9.59 Å². The monoisotopic (exact) mass is 205 g/mol. The molecule has 0 saturated heterocycles. The van der Waals surface area contributed by atoms with Gasteiger partial charge < -0.3 is 10.0 Å². The lowest BCUT2D eigenvalue weighted by Gasteiger charge is -2.21. The number of carbonyl (C=O) groups excluding carboxylic acids is 1. The second-order valence-electron chi connectivity index (χ2n) is 2.83. The zero-order valence-corrected chi connectivity index (χ0v) is 8.75. The summed E-state index contributed by atoms with van der Waals surface area (Å²) in [5, 5.41) is 8.51. The van der Waals surface area contributed by atoms with Crippen molar-refractivity contribution in [2.45, 2.75) is 13.8 Å². The predicted octanol–water partition coefficient (Wildman–Crippen LogP) is 0.485. The third-order valence-corrected chi connectivity index (χ3v) is 2.26. The minimum absolute atomic E-state index is 0.153. The normalized spacial score (nSPS) is 12.2. The van der Waals surface area contributed by atoms with Gasteiger partial charge in [-0.1, -0.05) is 6.92 Å². The second-order valence-corrected chi connectivity index (χ2v) is 3.19. The number of aliphatic carboxylic acids is 1. The van der Waals surface area contributed by atoms with E-state index >= 15 is 0 Å². The van der Waals surface area contributed by atoms with Crippen LogP contribution < -0.4 is 0 Å². The SMILES string of the molecule is CCN(CC(=O)O)C(=O)C(C)CS. The first kappa shape index (κ1) is 12.3. The molecule has 0 fully saturated rings. The first-order chi connectivity index (χ1) is 6.02. The van der Waals surface area contributed by atoms with Gasteiger partial charge in [-0.2, -0.15) is 12.6 Å². The van der Waals surface area contributed by atoms with E-state index in [-0.39, 0.29) is 18.4 Å². The summed E-state index contributed by atoms with van der Waals surface area (Å²) in [6.07, 6.45) is 0. The predicted molar refractivity (Wildman–Crippen MR) is 52.9 cm³/mol. The highest BCUT2D eigenvalue weighted by Gasteiger charge is 2.19. The van der Waals surface area contributed by atoms with Crippen molar-refractivity contribution >= 4 is 24.5 Å². The van der Waals surface area contributed by atoms with Crippen LogP contribution in [0.25, 0.3) is 0 Å². The van der Waals surface area contributed by atoms with E-state index in [0.717, 1.165) is 0 Å². The van der Waals surface area contributed by atoms with Crippen LogP contribution in [0.2, 0.25) is 0 Å². The summed E-state index contributed by atoms with van der Waals surface area (Å²) in [6.45, 7) is 3.68. The second kappa shape index (κ2) is 5.85. The molecule has 1 N–H and O–H groups in total. The molecule has 0 heterocycles. The lowest BCUT2D eigenvalue weighted by atomic mass is 10.2. The van der Waals surface area contributed by atoms with Gasteiger partial charge in [0.1, 0.15) is 6.54 Å². The van der Waals surface area contributed by atoms with Gasteiger partial charge in [-0.3, -0.25) is 9.59 Å². The van der Waals surface area contributed by atoms with Gasteiger partial charge in [0.2, 0.25) is 5.91 Å². The number of carboxylic acids is 1. The molecule has 0 aliphatic rings. The molecule has 0 saturated carbocycles. The molecule has 0 aromatic carbocycles. The number of likely N-dealkylation sites (N-methyl/N-ethyl adjacent to an activating group) is 1. The zero-order valence-electron chi connectivity index (χ0n) is 7.86. The van der Waals surface area contributed by atoms with Crippen LogP contribution in [-0.4, -0.2) is 40.7 Å². The topological polar surface area (TPSA) is 57.6 Å². The summed E-state index contributed by atoms with van der Waals surface area (Å²) in [6, 6.07) is 0. The molecule has 0 spiro atoms. The fraction of sp³-hybridized carbons (Fsp3) is 0.750. The largest absolute Gasteiger partial charge is 0.480 e. The number of hydrogen-bond acceptors (Lipinski definition) is 3. The summed E-state index contributed by atoms with van der Waals surface area (Å²) in [7, 11) is 0. The average molecular weight is 205 g/mol. The molecule has 0 aliphatic heterocycles. The third-order valence-electron chi connectivity index (χ3n) is 1.71. The molecule has 1 amide bonds. The van der Waals surface area contributed by atoms with Crippen LogP contribution in [0.15, 0.2) is 0 Å². The van der Waals surface area contributed by atoms with E-state index in [4.69, 9.17) is 5.11 Å². The number of hydrogen-bond donors (Lipinski definition) is 2. The van der Waals surface area contributed by atoms with Gasteiger partial charge in [0, 0.05) is 18.2 Å². The van der Waals surface area contributed by atoms with Gasteiger partial charge in [-0.15, -0.1) is 0 Å². The highest BCUT2D eigenvalue weighted by Crippen LogP contribution is 2.03. The van der Waals surface area contributed by atoms with Crippen LogP contribution >= 0.6 is 12.6 Å². The number of amides is 1. The van der Waals surface area contributed by atoms with E-state index in [2.05, 4.69) is 12.6 Å². The van der Waals surface area contributed by atoms with Crippen molar-refractivity contribution in [1.29, 1.82) is 0 Å². The van der Waals surface area contributed by atoms with Gasteiger partial charge in [0.05, 0.1) is 0 Å². The van der Waals surface area contributed by atoms with Crippen LogP contribution in [0.4, 0.5) is 0 Å². The molecule has 1 atom stereocenters. The average Bonchev–Trinajstić information content (AvgIpc) is 2.11. The Bertz CT molecular complexity index is 196. The first-order valence-corrected chi connectivity index (χ1v) is 4.77. The molecular weight excluding hydrogens is 190 g/mol. The summed E-state index contributed by atoms with van der Waals surface area (Å²) in [5.41, 5.74) is 0. The molecule has 0 radical (unpaired) electrons. The summed E-state index contributed by atoms with van der Waals surface area (Å²) in [5.74, 6) is -0.918. The number of nitrogens with zero attached hydrogens (tertiary/aromatic N) is 1. The number of carbonyl (C=O) groups is 2. The Kier molecular flexibility index (Phi) is 5.53. The molecule has 13 heavy (non-hydrogen) atoms. The lowest BCUT2D eigenvalue weighted by Crippen LogP contribution is -2.39. The van der Waals surface area contributed by atoms with Crippen molar-refractivity contribution in [3.8, 4) is 0 Å². The molecule has 1 unspecified atom stereocenters. The van der Waals surface area contributed by atoms with E-state index in [1.807, 2.05) is 0 Å². The lowest BCUT2D eigenvalue weighted by molar-refractivity contribution is -0.145. The summed E-state index contributed by atoms with van der Waals surface area (Å²) in [4.78, 5) is 23.1. The highest BCUT2D eigenvalue weighted by atomic mass is 32.1. The van der Waals surface area contributed by atoms with E-state index in [1.165, 1.54) is 4.90 Å². The van der Waals surface area contributed by atoms with Crippen molar-refractivity contribution in [2.24, 2.45) is 5.92 Å². The van der Waals surface area contributed by atoms with Crippen molar-refractivity contribution in [3.63, 3.8) is 0 Å². The van der Waals surface area contributed by atoms with Crippen LogP contribution in [0.3, 0.4) is 0 Å². The van der Waals surface area contributed by atoms with E-state index in [1.54, 1.807) is 13.8 Å². The zero-order chi connectivity index (χ0) is 10.4. The van der Waals surface area contributed by atoms with Crippen molar-refractivity contribution in [1.82, 2.24) is 4.90 Å². The van der Waals surface area contributed by atoms with Gasteiger partial charge in [-0.05, 0) is 6.92 Å². The Morgan fingerprint density at radius 2 is 2.08 bits per heavy atom. The number of rotatable bonds is 5. The fourth-order valence-corrected chi connectivity index (χ4v) is 1.05. The Labute approximate surface area is 83.3 Å². The van der Waals surface area contributed by atoms with Gasteiger partial charge in [0.15, 0.2) is 0 Å². The Hall–Kier alpha value is -0.710. The Balaban J connectivity index is 4.22. The summed E-state index contributed by atoms with van der Waals surface area (Å²) < 4.78 is 0. The number of thiol groups is 1. The molecule has 76 valence electrons. The molecule has 0 bridgehead atoms. The van der Waals surface area contributed by atoms with E-state index < -0.39 is 5.97 Å². The van der Waals surface area contributed by atoms with Gasteiger partial charge >= 0.3 is 5.97 Å². The first-order valence-electron chi connectivity index (χ1n) is 4.14. The molecule has 0 aromatic rings. The van der Waals surface area contributed by atoms with E-state index in [0.29, 0.717) is 12.3 Å². The molecule has 4 nitrogen and oxygen atoms in total. The molecule has 0 aliphatic carbocycles. The van der Waals surface area contributed by atoms with Gasteiger partial charge in [-0.25, -0.2) is 0 Å². The van der Waals surface area contributed by atoms with Crippen LogP contribution in [0.1, 0.15) is 13.8 Å². The fourth-order valence-electron chi connectivity index (χ4n) is 0.899. The maximum Gasteiger partial charge on any atom is 0.323 e. The third kappa shape index (κ3) is 4.17. The minimum atomic E-state index is -0.985. The van der Waals surface area contributed by atoms with Crippen molar-refractivity contribution < 1.29 is 14.7 Å². The molecule has 5 heteroatoms. The summed E-state index contributed by atoms with van der Waals surface area (Å²) >= 11 is 3.98. The Morgan fingerprint density at radius 1 is 1.54 bits per heavy atom. The van der Waals surface area contributed by atoms with Crippen molar-refractivity contribution in [2.75, 3.05) is 18.8 Å². The standard InChI is InChI=1S/C8H15NO3S/c1-3-9(4-7(10)11)8(12)6(2)5-13/h6,13H,3-5H2,1-2H3,(H,10,11). The highest BCUT2D eigenvalue weighted by molar-refractivity contribution is 7.80. The maximum atomic E-state index is 11.5. The van der Waals surface area contributed by atoms with Crippen molar-refractivity contribution in [3.05, 3.63) is 0 Å². The molecule has 0 rings (SSSR count). The van der Waals surface area contributed by atoms with Crippen LogP contribution in [0, 0.1) is 5.92 Å². The Morgan fingerprint density at radius 3 is 2.38 bits per heavy atom. The minimum Gasteiger partial charge on any atom is -0.480 e. The van der Waals surface area contributed by atoms with Gasteiger partial charge in [0.25, 0.3) is 0 Å².